The molecule has 1 aliphatic rings. The van der Waals surface area contributed by atoms with Crippen molar-refractivity contribution in [1.29, 1.82) is 0 Å². The number of nitrogens with zero attached hydrogens (tertiary/aromatic N) is 4. The van der Waals surface area contributed by atoms with Crippen LogP contribution in [0.5, 0.6) is 0 Å². The van der Waals surface area contributed by atoms with Crippen LogP contribution >= 0.6 is 0 Å². The summed E-state index contributed by atoms with van der Waals surface area (Å²) >= 11 is 0. The van der Waals surface area contributed by atoms with Crippen LogP contribution in [-0.2, 0) is 10.9 Å². The zero-order valence-corrected chi connectivity index (χ0v) is 16.8. The average molecular weight is 401 g/mol. The first-order valence-electron chi connectivity index (χ1n) is 9.40. The fraction of sp³-hybridized carbons (Fsp3) is 0.632. The molecule has 1 aromatic rings. The SMILES string of the molecule is CN=C(NCCN(C)CCOC)N1CCN(c2cccc(C(F)(F)F)c2)CC1. The van der Waals surface area contributed by atoms with Crippen molar-refractivity contribution in [1.82, 2.24) is 15.1 Å². The third kappa shape index (κ3) is 6.56. The Balaban J connectivity index is 1.83. The topological polar surface area (TPSA) is 43.3 Å². The fourth-order valence-corrected chi connectivity index (χ4v) is 3.11. The highest BCUT2D eigenvalue weighted by molar-refractivity contribution is 5.80. The largest absolute Gasteiger partial charge is 0.416 e. The number of anilines is 1. The minimum atomic E-state index is -4.32. The van der Waals surface area contributed by atoms with Gasteiger partial charge in [0.15, 0.2) is 5.96 Å². The van der Waals surface area contributed by atoms with Crippen LogP contribution < -0.4 is 10.2 Å². The second kappa shape index (κ2) is 10.5. The van der Waals surface area contributed by atoms with Gasteiger partial charge in [-0.25, -0.2) is 0 Å². The summed E-state index contributed by atoms with van der Waals surface area (Å²) in [4.78, 5) is 10.6. The Hall–Kier alpha value is -2.00. The Morgan fingerprint density at radius 3 is 2.54 bits per heavy atom. The van der Waals surface area contributed by atoms with Crippen molar-refractivity contribution in [3.63, 3.8) is 0 Å². The van der Waals surface area contributed by atoms with Crippen molar-refractivity contribution >= 4 is 11.6 Å². The quantitative estimate of drug-likeness (QED) is 0.559. The molecule has 0 radical (unpaired) electrons. The van der Waals surface area contributed by atoms with Crippen LogP contribution in [0.15, 0.2) is 29.3 Å². The van der Waals surface area contributed by atoms with Gasteiger partial charge in [-0.3, -0.25) is 4.99 Å². The van der Waals surface area contributed by atoms with Gasteiger partial charge < -0.3 is 24.8 Å². The second-order valence-electron chi connectivity index (χ2n) is 6.79. The van der Waals surface area contributed by atoms with Gasteiger partial charge in [0.05, 0.1) is 12.2 Å². The highest BCUT2D eigenvalue weighted by atomic mass is 19.4. The molecule has 0 amide bonds. The summed E-state index contributed by atoms with van der Waals surface area (Å²) in [5.41, 5.74) is -0.000289. The van der Waals surface area contributed by atoms with Gasteiger partial charge in [0.2, 0.25) is 0 Å². The van der Waals surface area contributed by atoms with Crippen LogP contribution in [0.4, 0.5) is 18.9 Å². The number of rotatable bonds is 7. The molecule has 0 spiro atoms. The Kier molecular flexibility index (Phi) is 8.37. The summed E-state index contributed by atoms with van der Waals surface area (Å²) in [5, 5.41) is 3.36. The molecule has 9 heteroatoms. The zero-order valence-electron chi connectivity index (χ0n) is 16.8. The van der Waals surface area contributed by atoms with Crippen molar-refractivity contribution in [3.05, 3.63) is 29.8 Å². The first-order chi connectivity index (χ1) is 13.3. The highest BCUT2D eigenvalue weighted by Gasteiger charge is 2.31. The molecule has 158 valence electrons. The van der Waals surface area contributed by atoms with E-state index in [9.17, 15) is 13.2 Å². The summed E-state index contributed by atoms with van der Waals surface area (Å²) < 4.78 is 43.9. The molecule has 0 saturated carbocycles. The van der Waals surface area contributed by atoms with Crippen molar-refractivity contribution in [2.45, 2.75) is 6.18 Å². The molecule has 1 aliphatic heterocycles. The van der Waals surface area contributed by atoms with E-state index < -0.39 is 11.7 Å². The fourth-order valence-electron chi connectivity index (χ4n) is 3.11. The lowest BCUT2D eigenvalue weighted by atomic mass is 10.1. The van der Waals surface area contributed by atoms with E-state index in [1.54, 1.807) is 20.2 Å². The summed E-state index contributed by atoms with van der Waals surface area (Å²) in [5.74, 6) is 0.823. The standard InChI is InChI=1S/C19H30F3N5O/c1-23-18(24-7-8-25(2)13-14-28-3)27-11-9-26(10-12-27)17-6-4-5-16(15-17)19(20,21)22/h4-6,15H,7-14H2,1-3H3,(H,23,24). The molecule has 0 unspecified atom stereocenters. The maximum atomic E-state index is 12.9. The second-order valence-corrected chi connectivity index (χ2v) is 6.79. The molecule has 1 N–H and O–H groups in total. The van der Waals surface area contributed by atoms with Gasteiger partial charge >= 0.3 is 6.18 Å². The van der Waals surface area contributed by atoms with E-state index in [-0.39, 0.29) is 0 Å². The molecule has 0 aromatic heterocycles. The molecule has 1 saturated heterocycles. The number of aliphatic imine (C=N–C) groups is 1. The minimum Gasteiger partial charge on any atom is -0.383 e. The molecule has 1 fully saturated rings. The minimum absolute atomic E-state index is 0.609. The normalized spacial score (nSPS) is 16.0. The molecule has 28 heavy (non-hydrogen) atoms. The monoisotopic (exact) mass is 401 g/mol. The lowest BCUT2D eigenvalue weighted by Crippen LogP contribution is -2.53. The first-order valence-corrected chi connectivity index (χ1v) is 9.40. The molecule has 1 heterocycles. The molecular formula is C19H30F3N5O. The van der Waals surface area contributed by atoms with E-state index in [1.807, 2.05) is 11.9 Å². The van der Waals surface area contributed by atoms with Gasteiger partial charge in [-0.05, 0) is 25.2 Å². The van der Waals surface area contributed by atoms with Gasteiger partial charge in [-0.1, -0.05) is 6.07 Å². The Bertz CT molecular complexity index is 630. The van der Waals surface area contributed by atoms with Crippen LogP contribution in [0.2, 0.25) is 0 Å². The van der Waals surface area contributed by atoms with Gasteiger partial charge in [-0.2, -0.15) is 13.2 Å². The van der Waals surface area contributed by atoms with Crippen LogP contribution in [-0.4, -0.2) is 89.4 Å². The number of hydrogen-bond acceptors (Lipinski definition) is 4. The molecule has 2 rings (SSSR count). The number of piperazine rings is 1. The molecule has 0 bridgehead atoms. The number of likely N-dealkylation sites (N-methyl/N-ethyl adjacent to an activating group) is 1. The van der Waals surface area contributed by atoms with Crippen LogP contribution in [0.25, 0.3) is 0 Å². The van der Waals surface area contributed by atoms with Gasteiger partial charge in [0.1, 0.15) is 0 Å². The smallest absolute Gasteiger partial charge is 0.383 e. The number of guanidine groups is 1. The number of methoxy groups -OCH3 is 1. The van der Waals surface area contributed by atoms with Crippen molar-refractivity contribution in [2.24, 2.45) is 4.99 Å². The summed E-state index contributed by atoms with van der Waals surface area (Å²) in [6, 6.07) is 5.52. The summed E-state index contributed by atoms with van der Waals surface area (Å²) in [6.45, 7) is 5.90. The van der Waals surface area contributed by atoms with Gasteiger partial charge in [0, 0.05) is 65.7 Å². The van der Waals surface area contributed by atoms with Gasteiger partial charge in [-0.15, -0.1) is 0 Å². The maximum absolute atomic E-state index is 12.9. The molecule has 1 aromatic carbocycles. The van der Waals surface area contributed by atoms with E-state index in [0.29, 0.717) is 38.5 Å². The van der Waals surface area contributed by atoms with E-state index in [4.69, 9.17) is 4.74 Å². The Labute approximate surface area is 165 Å². The summed E-state index contributed by atoms with van der Waals surface area (Å²) in [7, 11) is 5.47. The number of benzene rings is 1. The maximum Gasteiger partial charge on any atom is 0.416 e. The van der Waals surface area contributed by atoms with E-state index in [1.165, 1.54) is 12.1 Å². The third-order valence-electron chi connectivity index (χ3n) is 4.78. The lowest BCUT2D eigenvalue weighted by molar-refractivity contribution is -0.137. The predicted octanol–water partition coefficient (Wildman–Crippen LogP) is 1.98. The van der Waals surface area contributed by atoms with E-state index >= 15 is 0 Å². The first kappa shape index (κ1) is 22.3. The van der Waals surface area contributed by atoms with Crippen LogP contribution in [0.3, 0.4) is 0 Å². The predicted molar refractivity (Wildman–Crippen MR) is 106 cm³/mol. The number of ether oxygens (including phenoxy) is 1. The van der Waals surface area contributed by atoms with Crippen molar-refractivity contribution in [3.8, 4) is 0 Å². The highest BCUT2D eigenvalue weighted by Crippen LogP contribution is 2.31. The lowest BCUT2D eigenvalue weighted by Gasteiger charge is -2.38. The van der Waals surface area contributed by atoms with Crippen molar-refractivity contribution in [2.75, 3.05) is 78.5 Å². The average Bonchev–Trinajstić information content (AvgIpc) is 2.69. The Morgan fingerprint density at radius 2 is 1.93 bits per heavy atom. The molecule has 0 aliphatic carbocycles. The summed E-state index contributed by atoms with van der Waals surface area (Å²) in [6.07, 6.45) is -4.32. The number of halogens is 3. The number of alkyl halides is 3. The Morgan fingerprint density at radius 1 is 1.21 bits per heavy atom. The van der Waals surface area contributed by atoms with E-state index in [2.05, 4.69) is 20.1 Å². The number of hydrogen-bond donors (Lipinski definition) is 1. The number of nitrogens with one attached hydrogen (secondary N) is 1. The van der Waals surface area contributed by atoms with Crippen molar-refractivity contribution < 1.29 is 17.9 Å². The zero-order chi connectivity index (χ0) is 20.6. The van der Waals surface area contributed by atoms with Crippen LogP contribution in [0.1, 0.15) is 5.56 Å². The molecule has 6 nitrogen and oxygen atoms in total. The van der Waals surface area contributed by atoms with E-state index in [0.717, 1.165) is 31.7 Å². The third-order valence-corrected chi connectivity index (χ3v) is 4.78. The molecule has 0 atom stereocenters. The van der Waals surface area contributed by atoms with Gasteiger partial charge in [0.25, 0.3) is 0 Å². The molecular weight excluding hydrogens is 371 g/mol. The van der Waals surface area contributed by atoms with Crippen LogP contribution in [0, 0.1) is 0 Å².